The van der Waals surface area contributed by atoms with Gasteiger partial charge in [-0.15, -0.1) is 0 Å². The molecule has 1 fully saturated rings. The average Bonchev–Trinajstić information content (AvgIpc) is 2.34. The molecule has 60 valence electrons. The van der Waals surface area contributed by atoms with Crippen molar-refractivity contribution in [3.63, 3.8) is 0 Å². The first-order valence-corrected chi connectivity index (χ1v) is 2.98. The van der Waals surface area contributed by atoms with E-state index in [1.807, 2.05) is 0 Å². The second-order valence-corrected chi connectivity index (χ2v) is 2.04. The minimum atomic E-state index is -1.07. The number of ether oxygens (including phenoxy) is 2. The lowest BCUT2D eigenvalue weighted by atomic mass is 10.4. The predicted octanol–water partition coefficient (Wildman–Crippen LogP) is -1.97. The van der Waals surface area contributed by atoms with Gasteiger partial charge in [-0.2, -0.15) is 0 Å². The van der Waals surface area contributed by atoms with E-state index in [1.165, 1.54) is 0 Å². The highest BCUT2D eigenvalue weighted by Gasteiger charge is 2.29. The van der Waals surface area contributed by atoms with E-state index in [-0.39, 0.29) is 6.61 Å². The lowest BCUT2D eigenvalue weighted by Gasteiger charge is -2.13. The largest absolute Gasteiger partial charge is 0.393 e. The molecule has 5 heteroatoms. The van der Waals surface area contributed by atoms with E-state index in [4.69, 9.17) is 20.1 Å². The van der Waals surface area contributed by atoms with Gasteiger partial charge in [0.15, 0.2) is 12.6 Å². The molecule has 1 heterocycles. The van der Waals surface area contributed by atoms with E-state index in [1.54, 1.807) is 0 Å². The topological polar surface area (TPSA) is 79.2 Å². The summed E-state index contributed by atoms with van der Waals surface area (Å²) >= 11 is 0. The van der Waals surface area contributed by atoms with Crippen LogP contribution in [0, 0.1) is 0 Å². The molecule has 0 aromatic heterocycles. The fraction of sp³-hybridized carbons (Fsp3) is 1.00. The van der Waals surface area contributed by atoms with Gasteiger partial charge in [-0.05, 0) is 0 Å². The lowest BCUT2D eigenvalue weighted by Crippen LogP contribution is -2.30. The number of aliphatic hydroxyl groups excluding tert-OH is 3. The maximum Gasteiger partial charge on any atom is 0.189 e. The Bertz CT molecular complexity index is 106. The average molecular weight is 150 g/mol. The molecule has 1 aliphatic heterocycles. The summed E-state index contributed by atoms with van der Waals surface area (Å²) in [6.07, 6.45) is -2.94. The molecule has 0 aromatic rings. The summed E-state index contributed by atoms with van der Waals surface area (Å²) in [5, 5.41) is 26.0. The highest BCUT2D eigenvalue weighted by atomic mass is 16.8. The first kappa shape index (κ1) is 7.90. The molecule has 3 unspecified atom stereocenters. The van der Waals surface area contributed by atoms with Crippen LogP contribution in [0.5, 0.6) is 0 Å². The van der Waals surface area contributed by atoms with Crippen LogP contribution in [0.3, 0.4) is 0 Å². The Balaban J connectivity index is 2.29. The lowest BCUT2D eigenvalue weighted by molar-refractivity contribution is -0.170. The van der Waals surface area contributed by atoms with Gasteiger partial charge in [0.25, 0.3) is 0 Å². The highest BCUT2D eigenvalue weighted by Crippen LogP contribution is 2.12. The Morgan fingerprint density at radius 1 is 1.60 bits per heavy atom. The number of rotatable bonds is 2. The second kappa shape index (κ2) is 3.27. The molecule has 5 nitrogen and oxygen atoms in total. The zero-order chi connectivity index (χ0) is 7.56. The van der Waals surface area contributed by atoms with Crippen molar-refractivity contribution in [2.45, 2.75) is 18.7 Å². The molecule has 0 amide bonds. The number of hydrogen-bond acceptors (Lipinski definition) is 5. The molecule has 0 aliphatic carbocycles. The van der Waals surface area contributed by atoms with Crippen molar-refractivity contribution in [2.75, 3.05) is 13.2 Å². The molecule has 3 atom stereocenters. The predicted molar refractivity (Wildman–Crippen MR) is 29.9 cm³/mol. The zero-order valence-corrected chi connectivity index (χ0v) is 5.30. The van der Waals surface area contributed by atoms with Crippen molar-refractivity contribution in [2.24, 2.45) is 0 Å². The summed E-state index contributed by atoms with van der Waals surface area (Å²) in [4.78, 5) is 0. The van der Waals surface area contributed by atoms with E-state index in [2.05, 4.69) is 4.74 Å². The molecular weight excluding hydrogens is 140 g/mol. The third kappa shape index (κ3) is 1.65. The van der Waals surface area contributed by atoms with Crippen molar-refractivity contribution < 1.29 is 24.8 Å². The van der Waals surface area contributed by atoms with Crippen LogP contribution in [0.4, 0.5) is 0 Å². The van der Waals surface area contributed by atoms with Crippen LogP contribution in [-0.2, 0) is 9.47 Å². The number of hydrogen-bond donors (Lipinski definition) is 3. The third-order valence-electron chi connectivity index (χ3n) is 1.20. The zero-order valence-electron chi connectivity index (χ0n) is 5.30. The van der Waals surface area contributed by atoms with Crippen LogP contribution >= 0.6 is 0 Å². The van der Waals surface area contributed by atoms with Gasteiger partial charge in [-0.3, -0.25) is 0 Å². The van der Waals surface area contributed by atoms with E-state index in [9.17, 15) is 0 Å². The molecular formula is C5H10O5. The van der Waals surface area contributed by atoms with Crippen molar-refractivity contribution in [1.29, 1.82) is 0 Å². The van der Waals surface area contributed by atoms with Crippen LogP contribution < -0.4 is 0 Å². The van der Waals surface area contributed by atoms with E-state index >= 15 is 0 Å². The fourth-order valence-corrected chi connectivity index (χ4v) is 0.698. The Labute approximate surface area is 57.8 Å². The van der Waals surface area contributed by atoms with Crippen molar-refractivity contribution in [1.82, 2.24) is 0 Å². The normalized spacial score (nSPS) is 36.3. The maximum absolute atomic E-state index is 8.86. The second-order valence-electron chi connectivity index (χ2n) is 2.04. The Morgan fingerprint density at radius 3 is 2.70 bits per heavy atom. The fourth-order valence-electron chi connectivity index (χ4n) is 0.698. The molecule has 1 rings (SSSR count). The van der Waals surface area contributed by atoms with Crippen LogP contribution in [0.15, 0.2) is 0 Å². The maximum atomic E-state index is 8.86. The van der Waals surface area contributed by atoms with Crippen LogP contribution in [0.25, 0.3) is 0 Å². The van der Waals surface area contributed by atoms with Crippen molar-refractivity contribution in [3.05, 3.63) is 0 Å². The van der Waals surface area contributed by atoms with Gasteiger partial charge in [0.2, 0.25) is 0 Å². The van der Waals surface area contributed by atoms with Crippen molar-refractivity contribution >= 4 is 0 Å². The molecule has 0 spiro atoms. The Kier molecular flexibility index (Phi) is 2.58. The summed E-state index contributed by atoms with van der Waals surface area (Å²) in [7, 11) is 0. The van der Waals surface area contributed by atoms with Gasteiger partial charge >= 0.3 is 0 Å². The van der Waals surface area contributed by atoms with Crippen molar-refractivity contribution in [3.8, 4) is 0 Å². The summed E-state index contributed by atoms with van der Waals surface area (Å²) in [5.74, 6) is 0. The molecule has 0 radical (unpaired) electrons. The molecule has 10 heavy (non-hydrogen) atoms. The Hall–Kier alpha value is -0.200. The molecule has 0 bridgehead atoms. The Morgan fingerprint density at radius 2 is 2.30 bits per heavy atom. The molecule has 1 aliphatic rings. The summed E-state index contributed by atoms with van der Waals surface area (Å²) in [5.41, 5.74) is 0. The third-order valence-corrected chi connectivity index (χ3v) is 1.20. The summed E-state index contributed by atoms with van der Waals surface area (Å²) < 4.78 is 9.37. The van der Waals surface area contributed by atoms with E-state index in [0.717, 1.165) is 0 Å². The summed E-state index contributed by atoms with van der Waals surface area (Å²) in [6.45, 7) is -0.390. The van der Waals surface area contributed by atoms with Gasteiger partial charge in [-0.25, -0.2) is 0 Å². The first-order chi connectivity index (χ1) is 4.74. The molecule has 0 saturated carbocycles. The van der Waals surface area contributed by atoms with Crippen LogP contribution in [0.2, 0.25) is 0 Å². The number of aliphatic hydroxyl groups is 3. The van der Waals surface area contributed by atoms with Crippen LogP contribution in [0.1, 0.15) is 0 Å². The van der Waals surface area contributed by atoms with Gasteiger partial charge in [0.05, 0.1) is 6.61 Å². The molecule has 0 aromatic carbocycles. The van der Waals surface area contributed by atoms with Crippen LogP contribution in [-0.4, -0.2) is 47.2 Å². The first-order valence-electron chi connectivity index (χ1n) is 2.98. The smallest absolute Gasteiger partial charge is 0.189 e. The van der Waals surface area contributed by atoms with E-state index < -0.39 is 25.3 Å². The molecule has 3 N–H and O–H groups in total. The standard InChI is InChI=1S/C5H10O5/c6-1-3(7)5-9-2-4(8)10-5/h3-8H,1-2H2. The SMILES string of the molecule is OCC(O)C1OCC(O)O1. The quantitative estimate of drug-likeness (QED) is 0.425. The van der Waals surface area contributed by atoms with Gasteiger partial charge in [0.1, 0.15) is 12.7 Å². The minimum absolute atomic E-state index is 0.0434. The van der Waals surface area contributed by atoms with Gasteiger partial charge < -0.3 is 24.8 Å². The van der Waals surface area contributed by atoms with E-state index in [0.29, 0.717) is 0 Å². The monoisotopic (exact) mass is 150 g/mol. The minimum Gasteiger partial charge on any atom is -0.393 e. The summed E-state index contributed by atoms with van der Waals surface area (Å²) in [6, 6.07) is 0. The van der Waals surface area contributed by atoms with Gasteiger partial charge in [0, 0.05) is 0 Å². The highest BCUT2D eigenvalue weighted by molar-refractivity contribution is 4.63. The van der Waals surface area contributed by atoms with Gasteiger partial charge in [-0.1, -0.05) is 0 Å². The molecule has 1 saturated heterocycles.